The van der Waals surface area contributed by atoms with Crippen molar-refractivity contribution >= 4 is 17.2 Å². The molecule has 2 aromatic rings. The van der Waals surface area contributed by atoms with E-state index in [1.807, 2.05) is 30.0 Å². The second-order valence-corrected chi connectivity index (χ2v) is 6.45. The van der Waals surface area contributed by atoms with Crippen LogP contribution in [0.3, 0.4) is 0 Å². The number of rotatable bonds is 4. The van der Waals surface area contributed by atoms with E-state index in [2.05, 4.69) is 22.5 Å². The van der Waals surface area contributed by atoms with Gasteiger partial charge in [-0.25, -0.2) is 4.98 Å². The van der Waals surface area contributed by atoms with Crippen LogP contribution in [0.4, 0.5) is 0 Å². The smallest absolute Gasteiger partial charge is 0.223 e. The third-order valence-corrected chi connectivity index (χ3v) is 4.77. The van der Waals surface area contributed by atoms with E-state index < -0.39 is 0 Å². The summed E-state index contributed by atoms with van der Waals surface area (Å²) in [4.78, 5) is 18.9. The summed E-state index contributed by atoms with van der Waals surface area (Å²) in [6.07, 6.45) is 1.23. The van der Waals surface area contributed by atoms with E-state index in [0.717, 1.165) is 16.3 Å². The van der Waals surface area contributed by atoms with Crippen LogP contribution in [-0.2, 0) is 16.0 Å². The molecule has 0 aliphatic carbocycles. The lowest BCUT2D eigenvalue weighted by Crippen LogP contribution is -2.47. The Morgan fingerprint density at radius 3 is 3.00 bits per heavy atom. The van der Waals surface area contributed by atoms with Crippen LogP contribution in [-0.4, -0.2) is 41.6 Å². The third kappa shape index (κ3) is 3.54. The summed E-state index contributed by atoms with van der Waals surface area (Å²) in [6, 6.07) is 10.3. The molecule has 1 amide bonds. The van der Waals surface area contributed by atoms with Gasteiger partial charge in [0.05, 0.1) is 30.0 Å². The first kappa shape index (κ1) is 15.2. The standard InChI is InChI=1S/C17H20N2O2S/c1-13-11-21-10-9-19(13)17(20)8-7-16-18-15(12-22-16)14-5-3-2-4-6-14/h2-6,12-13H,7-11H2,1H3. The predicted molar refractivity (Wildman–Crippen MR) is 87.9 cm³/mol. The van der Waals surface area contributed by atoms with Gasteiger partial charge in [0.2, 0.25) is 5.91 Å². The fourth-order valence-electron chi connectivity index (χ4n) is 2.62. The number of aromatic nitrogens is 1. The van der Waals surface area contributed by atoms with Crippen molar-refractivity contribution in [3.05, 3.63) is 40.7 Å². The van der Waals surface area contributed by atoms with Crippen LogP contribution >= 0.6 is 11.3 Å². The van der Waals surface area contributed by atoms with Gasteiger partial charge in [-0.15, -0.1) is 11.3 Å². The Bertz CT molecular complexity index is 627. The second kappa shape index (κ2) is 7.03. The molecule has 0 spiro atoms. The molecule has 1 unspecified atom stereocenters. The van der Waals surface area contributed by atoms with Gasteiger partial charge in [-0.05, 0) is 6.92 Å². The number of ether oxygens (including phenoxy) is 1. The number of aryl methyl sites for hydroxylation is 1. The SMILES string of the molecule is CC1COCCN1C(=O)CCc1nc(-c2ccccc2)cs1. The fourth-order valence-corrected chi connectivity index (χ4v) is 3.43. The highest BCUT2D eigenvalue weighted by Gasteiger charge is 2.23. The van der Waals surface area contributed by atoms with Crippen molar-refractivity contribution < 1.29 is 9.53 Å². The van der Waals surface area contributed by atoms with Gasteiger partial charge in [0.25, 0.3) is 0 Å². The summed E-state index contributed by atoms with van der Waals surface area (Å²) in [6.45, 7) is 4.02. The first-order valence-electron chi connectivity index (χ1n) is 7.61. The van der Waals surface area contributed by atoms with Crippen LogP contribution in [0.25, 0.3) is 11.3 Å². The largest absolute Gasteiger partial charge is 0.377 e. The summed E-state index contributed by atoms with van der Waals surface area (Å²) >= 11 is 1.63. The van der Waals surface area contributed by atoms with Gasteiger partial charge in [-0.3, -0.25) is 4.79 Å². The molecule has 22 heavy (non-hydrogen) atoms. The molecule has 0 bridgehead atoms. The lowest BCUT2D eigenvalue weighted by Gasteiger charge is -2.33. The zero-order valence-electron chi connectivity index (χ0n) is 12.7. The predicted octanol–water partition coefficient (Wildman–Crippen LogP) is 2.99. The lowest BCUT2D eigenvalue weighted by atomic mass is 10.2. The van der Waals surface area contributed by atoms with Crippen molar-refractivity contribution in [1.29, 1.82) is 0 Å². The normalized spacial score (nSPS) is 18.4. The fraction of sp³-hybridized carbons (Fsp3) is 0.412. The van der Waals surface area contributed by atoms with E-state index >= 15 is 0 Å². The Kier molecular flexibility index (Phi) is 4.85. The number of hydrogen-bond acceptors (Lipinski definition) is 4. The molecule has 2 heterocycles. The molecular weight excluding hydrogens is 296 g/mol. The molecule has 1 fully saturated rings. The number of carbonyl (C=O) groups excluding carboxylic acids is 1. The van der Waals surface area contributed by atoms with Crippen LogP contribution in [0.1, 0.15) is 18.4 Å². The van der Waals surface area contributed by atoms with Crippen LogP contribution in [0, 0.1) is 0 Å². The molecule has 116 valence electrons. The maximum absolute atomic E-state index is 12.3. The highest BCUT2D eigenvalue weighted by atomic mass is 32.1. The van der Waals surface area contributed by atoms with Gasteiger partial charge in [-0.2, -0.15) is 0 Å². The zero-order chi connectivity index (χ0) is 15.4. The maximum atomic E-state index is 12.3. The number of amides is 1. The minimum Gasteiger partial charge on any atom is -0.377 e. The van der Waals surface area contributed by atoms with Gasteiger partial charge in [0.15, 0.2) is 0 Å². The first-order valence-corrected chi connectivity index (χ1v) is 8.49. The molecule has 0 saturated carbocycles. The zero-order valence-corrected chi connectivity index (χ0v) is 13.5. The number of morpholine rings is 1. The molecular formula is C17H20N2O2S. The molecule has 5 heteroatoms. The summed E-state index contributed by atoms with van der Waals surface area (Å²) in [5.74, 6) is 0.201. The molecule has 1 aromatic heterocycles. The van der Waals surface area contributed by atoms with Crippen LogP contribution in [0.15, 0.2) is 35.7 Å². The number of thiazole rings is 1. The molecule has 0 radical (unpaired) electrons. The van der Waals surface area contributed by atoms with E-state index in [-0.39, 0.29) is 11.9 Å². The minimum absolute atomic E-state index is 0.178. The summed E-state index contributed by atoms with van der Waals surface area (Å²) < 4.78 is 5.37. The van der Waals surface area contributed by atoms with E-state index in [1.165, 1.54) is 0 Å². The van der Waals surface area contributed by atoms with Crippen molar-refractivity contribution in [1.82, 2.24) is 9.88 Å². The topological polar surface area (TPSA) is 42.4 Å². The lowest BCUT2D eigenvalue weighted by molar-refractivity contribution is -0.139. The minimum atomic E-state index is 0.178. The molecule has 4 nitrogen and oxygen atoms in total. The molecule has 1 atom stereocenters. The molecule has 0 N–H and O–H groups in total. The van der Waals surface area contributed by atoms with Gasteiger partial charge < -0.3 is 9.64 Å². The second-order valence-electron chi connectivity index (χ2n) is 5.50. The number of benzene rings is 1. The van der Waals surface area contributed by atoms with Crippen LogP contribution in [0.5, 0.6) is 0 Å². The number of nitrogens with zero attached hydrogens (tertiary/aromatic N) is 2. The number of hydrogen-bond donors (Lipinski definition) is 0. The monoisotopic (exact) mass is 316 g/mol. The van der Waals surface area contributed by atoms with Crippen molar-refractivity contribution in [2.75, 3.05) is 19.8 Å². The van der Waals surface area contributed by atoms with Crippen LogP contribution < -0.4 is 0 Å². The van der Waals surface area contributed by atoms with Gasteiger partial charge >= 0.3 is 0 Å². The Labute approximate surface area is 134 Å². The molecule has 1 aliphatic heterocycles. The van der Waals surface area contributed by atoms with Crippen molar-refractivity contribution in [2.24, 2.45) is 0 Å². The molecule has 1 aliphatic rings. The summed E-state index contributed by atoms with van der Waals surface area (Å²) in [7, 11) is 0. The van der Waals surface area contributed by atoms with E-state index in [0.29, 0.717) is 32.6 Å². The molecule has 1 saturated heterocycles. The maximum Gasteiger partial charge on any atom is 0.223 e. The van der Waals surface area contributed by atoms with Crippen molar-refractivity contribution in [3.63, 3.8) is 0 Å². The van der Waals surface area contributed by atoms with E-state index in [1.54, 1.807) is 11.3 Å². The van der Waals surface area contributed by atoms with Gasteiger partial charge in [0, 0.05) is 30.3 Å². The summed E-state index contributed by atoms with van der Waals surface area (Å²) in [5, 5.41) is 3.08. The average Bonchev–Trinajstić information content (AvgIpc) is 3.03. The highest BCUT2D eigenvalue weighted by molar-refractivity contribution is 7.09. The highest BCUT2D eigenvalue weighted by Crippen LogP contribution is 2.22. The molecule has 3 rings (SSSR count). The summed E-state index contributed by atoms with van der Waals surface area (Å²) in [5.41, 5.74) is 2.12. The van der Waals surface area contributed by atoms with Crippen molar-refractivity contribution in [2.45, 2.75) is 25.8 Å². The van der Waals surface area contributed by atoms with Crippen LogP contribution in [0.2, 0.25) is 0 Å². The Balaban J connectivity index is 1.58. The first-order chi connectivity index (χ1) is 10.7. The quantitative estimate of drug-likeness (QED) is 0.871. The number of carbonyl (C=O) groups is 1. The van der Waals surface area contributed by atoms with E-state index in [4.69, 9.17) is 4.74 Å². The average molecular weight is 316 g/mol. The van der Waals surface area contributed by atoms with E-state index in [9.17, 15) is 4.79 Å². The third-order valence-electron chi connectivity index (χ3n) is 3.86. The van der Waals surface area contributed by atoms with Gasteiger partial charge in [-0.1, -0.05) is 30.3 Å². The Morgan fingerprint density at radius 2 is 2.23 bits per heavy atom. The van der Waals surface area contributed by atoms with Crippen molar-refractivity contribution in [3.8, 4) is 11.3 Å². The Hall–Kier alpha value is -1.72. The molecule has 1 aromatic carbocycles. The Morgan fingerprint density at radius 1 is 1.41 bits per heavy atom. The van der Waals surface area contributed by atoms with Gasteiger partial charge in [0.1, 0.15) is 0 Å².